The molecular formula is C75H80Cl4F10N24O5. The number of H-pyrrole nitrogens is 4. The van der Waals surface area contributed by atoms with E-state index >= 15 is 0 Å². The monoisotopic (exact) mass is 1730 g/mol. The van der Waals surface area contributed by atoms with Gasteiger partial charge in [-0.15, -0.1) is 0 Å². The Hall–Kier alpha value is -11.6. The summed E-state index contributed by atoms with van der Waals surface area (Å²) in [4.78, 5) is 122. The molecule has 3 aliphatic rings. The summed E-state index contributed by atoms with van der Waals surface area (Å²) < 4.78 is 129. The van der Waals surface area contributed by atoms with Crippen LogP contribution in [0.1, 0.15) is 63.6 Å². The second kappa shape index (κ2) is 35.3. The first-order valence-corrected chi connectivity index (χ1v) is 37.9. The van der Waals surface area contributed by atoms with Gasteiger partial charge in [0.2, 0.25) is 23.6 Å². The van der Waals surface area contributed by atoms with Crippen LogP contribution in [0.15, 0.2) is 111 Å². The number of carbonyl (C=O) groups excluding carboxylic acids is 4. The van der Waals surface area contributed by atoms with Crippen molar-refractivity contribution in [2.75, 3.05) is 94.0 Å². The lowest BCUT2D eigenvalue weighted by Crippen LogP contribution is -2.48. The number of halogens is 14. The largest absolute Gasteiger partial charge is 0.503 e. The van der Waals surface area contributed by atoms with Crippen LogP contribution in [-0.2, 0) is 19.2 Å². The predicted molar refractivity (Wildman–Crippen MR) is 430 cm³/mol. The van der Waals surface area contributed by atoms with Crippen molar-refractivity contribution in [3.8, 4) is 51.3 Å². The van der Waals surface area contributed by atoms with E-state index in [0.29, 0.717) is 161 Å². The van der Waals surface area contributed by atoms with Gasteiger partial charge in [-0.05, 0) is 95.7 Å². The topological polar surface area (TPSA) is 341 Å². The average Bonchev–Trinajstić information content (AvgIpc) is 1.69. The van der Waals surface area contributed by atoms with Crippen LogP contribution in [-0.4, -0.2) is 244 Å². The minimum atomic E-state index is -4.52. The zero-order valence-corrected chi connectivity index (χ0v) is 66.7. The predicted octanol–water partition coefficient (Wildman–Crippen LogP) is 14.9. The highest BCUT2D eigenvalue weighted by Crippen LogP contribution is 2.39. The molecule has 15 rings (SSSR count). The number of amides is 4. The molecule has 0 spiro atoms. The number of nitrogens with zero attached hydrogens (tertiary/aromatic N) is 19. The summed E-state index contributed by atoms with van der Waals surface area (Å²) >= 11 is 24.2. The third-order valence-electron chi connectivity index (χ3n) is 19.4. The fraction of sp³-hybridized carbons (Fsp3) is 0.360. The Morgan fingerprint density at radius 1 is 0.483 bits per heavy atom. The number of alkyl halides is 9. The number of hydrogen-bond donors (Lipinski definition) is 6. The van der Waals surface area contributed by atoms with Gasteiger partial charge in [0.15, 0.2) is 46.5 Å². The van der Waals surface area contributed by atoms with E-state index < -0.39 is 85.4 Å². The van der Waals surface area contributed by atoms with Crippen molar-refractivity contribution in [1.29, 1.82) is 0 Å². The fourth-order valence-corrected chi connectivity index (χ4v) is 14.5. The first-order valence-electron chi connectivity index (χ1n) is 36.4. The van der Waals surface area contributed by atoms with Crippen molar-refractivity contribution < 1.29 is 72.5 Å². The highest BCUT2D eigenvalue weighted by molar-refractivity contribution is 6.32. The minimum Gasteiger partial charge on any atom is -0.503 e. The second-order valence-electron chi connectivity index (χ2n) is 28.3. The van der Waals surface area contributed by atoms with E-state index in [-0.39, 0.29) is 45.8 Å². The number of nitrogens with one attached hydrogen (secondary N) is 5. The van der Waals surface area contributed by atoms with E-state index in [0.717, 1.165) is 41.5 Å². The van der Waals surface area contributed by atoms with Crippen molar-refractivity contribution in [1.82, 2.24) is 99.3 Å². The molecule has 15 heterocycles. The molecule has 628 valence electrons. The molecule has 6 N–H and O–H groups in total. The molecule has 12 aromatic rings. The Balaban J connectivity index is 0.000000182. The number of aromatic nitrogens is 16. The Kier molecular flexibility index (Phi) is 25.7. The first-order chi connectivity index (χ1) is 55.8. The molecule has 3 fully saturated rings. The maximum absolute atomic E-state index is 14.6. The van der Waals surface area contributed by atoms with E-state index in [1.807, 2.05) is 26.8 Å². The third-order valence-corrected chi connectivity index (χ3v) is 20.2. The smallest absolute Gasteiger partial charge is 0.406 e. The molecule has 3 aliphatic heterocycles. The highest BCUT2D eigenvalue weighted by Gasteiger charge is 2.43. The molecule has 0 bridgehead atoms. The van der Waals surface area contributed by atoms with Crippen LogP contribution in [0.5, 0.6) is 5.75 Å². The van der Waals surface area contributed by atoms with Crippen LogP contribution in [0.3, 0.4) is 0 Å². The lowest BCUT2D eigenvalue weighted by atomic mass is 10.0. The summed E-state index contributed by atoms with van der Waals surface area (Å²) in [6.07, 6.45) is 7.67. The van der Waals surface area contributed by atoms with Crippen LogP contribution in [0, 0.1) is 5.82 Å². The number of carbonyl (C=O) groups is 4. The third kappa shape index (κ3) is 20.0. The summed E-state index contributed by atoms with van der Waals surface area (Å²) in [5, 5.41) is 18.3. The van der Waals surface area contributed by atoms with Gasteiger partial charge >= 0.3 is 18.5 Å². The fourth-order valence-electron chi connectivity index (χ4n) is 13.9. The number of aromatic hydroxyl groups is 1. The van der Waals surface area contributed by atoms with E-state index in [9.17, 15) is 68.2 Å². The average molecular weight is 1730 g/mol. The van der Waals surface area contributed by atoms with Gasteiger partial charge in [0.1, 0.15) is 77.5 Å². The normalized spacial score (nSPS) is 15.7. The molecule has 29 nitrogen and oxygen atoms in total. The zero-order valence-electron chi connectivity index (χ0n) is 63.7. The number of aromatic amines is 4. The highest BCUT2D eigenvalue weighted by atomic mass is 35.5. The first kappa shape index (κ1) is 85.8. The summed E-state index contributed by atoms with van der Waals surface area (Å²) in [7, 11) is 5.14. The van der Waals surface area contributed by atoms with Crippen molar-refractivity contribution in [3.63, 3.8) is 0 Å². The van der Waals surface area contributed by atoms with Gasteiger partial charge in [-0.25, -0.2) is 64.2 Å². The molecule has 0 aromatic carbocycles. The summed E-state index contributed by atoms with van der Waals surface area (Å²) in [5.74, 6) is -0.665. The maximum Gasteiger partial charge on any atom is 0.406 e. The van der Waals surface area contributed by atoms with Crippen LogP contribution < -0.4 is 20.0 Å². The number of rotatable bonds is 17. The van der Waals surface area contributed by atoms with Crippen molar-refractivity contribution >= 4 is 137 Å². The van der Waals surface area contributed by atoms with E-state index in [2.05, 4.69) is 85.1 Å². The van der Waals surface area contributed by atoms with Crippen LogP contribution in [0.2, 0.25) is 20.1 Å². The lowest BCUT2D eigenvalue weighted by molar-refractivity contribution is -0.159. The van der Waals surface area contributed by atoms with Gasteiger partial charge in [0, 0.05) is 164 Å². The number of anilines is 4. The number of likely N-dealkylation sites (N-methyl/N-ethyl adjacent to an activating group) is 4. The number of fused-ring (bicyclic) bond motifs is 4. The van der Waals surface area contributed by atoms with E-state index in [1.54, 1.807) is 90.6 Å². The van der Waals surface area contributed by atoms with E-state index in [4.69, 9.17) is 46.4 Å². The number of pyridine rings is 4. The van der Waals surface area contributed by atoms with Gasteiger partial charge in [-0.1, -0.05) is 46.4 Å². The Labute approximate surface area is 689 Å². The molecule has 3 atom stereocenters. The van der Waals surface area contributed by atoms with Gasteiger partial charge in [0.05, 0.1) is 32.5 Å². The van der Waals surface area contributed by atoms with Crippen LogP contribution in [0.25, 0.3) is 89.7 Å². The van der Waals surface area contributed by atoms with Gasteiger partial charge < -0.3 is 64.7 Å². The van der Waals surface area contributed by atoms with Crippen LogP contribution in [0.4, 0.5) is 67.2 Å². The van der Waals surface area contributed by atoms with Crippen LogP contribution >= 0.6 is 46.4 Å². The van der Waals surface area contributed by atoms with E-state index in [1.165, 1.54) is 41.6 Å². The Morgan fingerprint density at radius 3 is 1.23 bits per heavy atom. The molecular weight excluding hydrogens is 1650 g/mol. The molecule has 118 heavy (non-hydrogen) atoms. The van der Waals surface area contributed by atoms with Gasteiger partial charge in [-0.3, -0.25) is 19.2 Å². The molecule has 4 amide bonds. The standard InChI is InChI=1S/C19H17ClF4N6O.C19H18ClF3N6O2.C19H18ClF3N6O.C18H21ClN6O.3H2/c1-29(9-19(22,23)24)18(31)14-3-2-4-30(14)17-13(21)8-27-16(28-17)12-7-26-15-11(12)5-10(20)6-25-15;1-28(9-19(21,22)23)18(31)13-3-2-4-29(13)17-14(30)8-26-16(27-17)12-7-25-15-11(12)5-10(20)6-24-15;1-28(10-19(21,22)23)18(30)14-3-2-6-29(14)15-4-5-24-17(27-15)13-9-26-16-12(13)7-11(20)8-25-16;1-5-25(4)17(26)18(2,3)24-14-6-7-20-16(23-14)13-10-22-15-12(13)8-11(19)9-21-15;;;/h5-8,14H,2-4,9H2,1H3,(H,25,26);5-8,13,30H,2-4,9H2,1H3,(H,24,25);4-5,7-9,14H,2-3,6,10H2,1H3,(H,25,26);6-10H,5H2,1-4H3,(H,21,22)(H,20,23,24);3*1H/t14-;13-;14-;;;;/m111..../s1. The maximum atomic E-state index is 14.6. The molecule has 0 unspecified atom stereocenters. The molecule has 0 aliphatic carbocycles. The second-order valence-corrected chi connectivity index (χ2v) is 30.1. The Bertz CT molecular complexity index is 5520. The molecule has 3 saturated heterocycles. The number of hydrogen-bond acceptors (Lipinski definition) is 21. The summed E-state index contributed by atoms with van der Waals surface area (Å²) in [5.41, 5.74) is 4.27. The SMILES string of the molecule is CCN(C)C(=O)C(C)(C)Nc1ccnc(-c2c[nH]c3ncc(Cl)cc23)n1.CN(CC(F)(F)F)C(=O)[C@H]1CCCN1c1ccnc(-c2c[nH]c3ncc(Cl)cc23)n1.CN(CC(F)(F)F)C(=O)[C@H]1CCCN1c1nc(-c2c[nH]c3ncc(Cl)cc23)ncc1F.CN(CC(F)(F)F)C(=O)[C@H]1CCCN1c1nc(-c2c[nH]c3ncc(Cl)cc23)ncc1O.[HH].[HH].[HH]. The Morgan fingerprint density at radius 2 is 0.831 bits per heavy atom. The van der Waals surface area contributed by atoms with Crippen molar-refractivity contribution in [2.24, 2.45) is 0 Å². The van der Waals surface area contributed by atoms with Crippen molar-refractivity contribution in [3.05, 3.63) is 137 Å². The molecule has 0 saturated carbocycles. The minimum absolute atomic E-state index is 0. The van der Waals surface area contributed by atoms with Gasteiger partial charge in [0.25, 0.3) is 0 Å². The summed E-state index contributed by atoms with van der Waals surface area (Å²) in [6, 6.07) is 7.82. The molecule has 43 heteroatoms. The zero-order chi connectivity index (χ0) is 85.0. The molecule has 0 radical (unpaired) electrons. The molecule has 12 aromatic heterocycles. The van der Waals surface area contributed by atoms with Gasteiger partial charge in [-0.2, -0.15) is 39.5 Å². The van der Waals surface area contributed by atoms with Crippen molar-refractivity contribution in [2.45, 2.75) is 101 Å². The summed E-state index contributed by atoms with van der Waals surface area (Å²) in [6.45, 7) is 3.40. The lowest BCUT2D eigenvalue weighted by Gasteiger charge is -2.30. The quantitative estimate of drug-likeness (QED) is 0.0461.